The zero-order valence-corrected chi connectivity index (χ0v) is 11.5. The molecule has 1 saturated carbocycles. The Bertz CT molecular complexity index is 210. The van der Waals surface area contributed by atoms with E-state index < -0.39 is 0 Å². The van der Waals surface area contributed by atoms with Crippen molar-refractivity contribution in [1.82, 2.24) is 4.90 Å². The molecule has 2 unspecified atom stereocenters. The quantitative estimate of drug-likeness (QED) is 0.774. The topological polar surface area (TPSA) is 29.3 Å². The molecule has 1 aliphatic carbocycles. The molecule has 0 aromatic carbocycles. The first-order chi connectivity index (χ1) is 7.72. The lowest BCUT2D eigenvalue weighted by molar-refractivity contribution is 0.130. The maximum atomic E-state index is 6.04. The summed E-state index contributed by atoms with van der Waals surface area (Å²) in [5.74, 6) is 4.31. The summed E-state index contributed by atoms with van der Waals surface area (Å²) in [6, 6.07) is 1.52. The predicted molar refractivity (Wildman–Crippen MR) is 72.8 cm³/mol. The Morgan fingerprint density at radius 2 is 2.06 bits per heavy atom. The van der Waals surface area contributed by atoms with Gasteiger partial charge in [-0.15, -0.1) is 0 Å². The van der Waals surface area contributed by atoms with Crippen molar-refractivity contribution < 1.29 is 0 Å². The summed E-state index contributed by atoms with van der Waals surface area (Å²) < 4.78 is 0. The summed E-state index contributed by atoms with van der Waals surface area (Å²) in [5, 5.41) is 0. The Labute approximate surface area is 104 Å². The van der Waals surface area contributed by atoms with Crippen molar-refractivity contribution in [3.05, 3.63) is 0 Å². The molecule has 94 valence electrons. The van der Waals surface area contributed by atoms with Crippen LogP contribution in [0, 0.1) is 11.8 Å². The minimum absolute atomic E-state index is 0.657. The number of thioether (sulfide) groups is 1. The SMILES string of the molecule is CC(C)CN(C1CC1)C(CN)C1CCSC1. The van der Waals surface area contributed by atoms with E-state index in [2.05, 4.69) is 30.5 Å². The second-order valence-corrected chi connectivity index (χ2v) is 6.90. The molecule has 0 aromatic heterocycles. The van der Waals surface area contributed by atoms with Crippen LogP contribution in [0.5, 0.6) is 0 Å². The molecule has 1 saturated heterocycles. The molecule has 2 fully saturated rings. The third kappa shape index (κ3) is 3.14. The fourth-order valence-electron chi connectivity index (χ4n) is 2.84. The van der Waals surface area contributed by atoms with Crippen molar-refractivity contribution in [2.24, 2.45) is 17.6 Å². The molecule has 0 amide bonds. The van der Waals surface area contributed by atoms with Gasteiger partial charge in [0.15, 0.2) is 0 Å². The van der Waals surface area contributed by atoms with Gasteiger partial charge in [-0.3, -0.25) is 4.90 Å². The van der Waals surface area contributed by atoms with E-state index in [1.165, 1.54) is 37.3 Å². The molecule has 2 rings (SSSR count). The van der Waals surface area contributed by atoms with Crippen molar-refractivity contribution in [2.45, 2.75) is 45.2 Å². The van der Waals surface area contributed by atoms with Crippen LogP contribution in [0.25, 0.3) is 0 Å². The van der Waals surface area contributed by atoms with Crippen LogP contribution in [-0.4, -0.2) is 41.6 Å². The van der Waals surface area contributed by atoms with Crippen LogP contribution in [0.4, 0.5) is 0 Å². The highest BCUT2D eigenvalue weighted by Crippen LogP contribution is 2.35. The van der Waals surface area contributed by atoms with Crippen molar-refractivity contribution in [1.29, 1.82) is 0 Å². The summed E-state index contributed by atoms with van der Waals surface area (Å²) >= 11 is 2.11. The number of rotatable bonds is 6. The highest BCUT2D eigenvalue weighted by molar-refractivity contribution is 7.99. The smallest absolute Gasteiger partial charge is 0.0257 e. The second-order valence-electron chi connectivity index (χ2n) is 5.75. The van der Waals surface area contributed by atoms with Gasteiger partial charge in [-0.1, -0.05) is 13.8 Å². The molecular formula is C13H26N2S. The van der Waals surface area contributed by atoms with Crippen LogP contribution in [0.3, 0.4) is 0 Å². The monoisotopic (exact) mass is 242 g/mol. The summed E-state index contributed by atoms with van der Waals surface area (Å²) in [6.07, 6.45) is 4.19. The van der Waals surface area contributed by atoms with Crippen LogP contribution in [0.2, 0.25) is 0 Å². The Morgan fingerprint density at radius 1 is 1.31 bits per heavy atom. The van der Waals surface area contributed by atoms with E-state index in [0.717, 1.165) is 24.4 Å². The van der Waals surface area contributed by atoms with E-state index in [1.807, 2.05) is 0 Å². The van der Waals surface area contributed by atoms with Crippen LogP contribution >= 0.6 is 11.8 Å². The number of hydrogen-bond acceptors (Lipinski definition) is 3. The number of nitrogens with zero attached hydrogens (tertiary/aromatic N) is 1. The van der Waals surface area contributed by atoms with Crippen LogP contribution in [0.1, 0.15) is 33.1 Å². The average molecular weight is 242 g/mol. The first-order valence-corrected chi connectivity index (χ1v) is 7.91. The normalized spacial score (nSPS) is 27.9. The summed E-state index contributed by atoms with van der Waals surface area (Å²) in [4.78, 5) is 2.74. The molecule has 0 spiro atoms. The summed E-state index contributed by atoms with van der Waals surface area (Å²) in [6.45, 7) is 6.75. The van der Waals surface area contributed by atoms with Gasteiger partial charge in [0.1, 0.15) is 0 Å². The van der Waals surface area contributed by atoms with Crippen molar-refractivity contribution >= 4 is 11.8 Å². The van der Waals surface area contributed by atoms with E-state index in [0.29, 0.717) is 6.04 Å². The van der Waals surface area contributed by atoms with Gasteiger partial charge in [-0.2, -0.15) is 11.8 Å². The Balaban J connectivity index is 1.97. The minimum Gasteiger partial charge on any atom is -0.329 e. The molecule has 1 aliphatic heterocycles. The van der Waals surface area contributed by atoms with Crippen molar-refractivity contribution in [3.8, 4) is 0 Å². The van der Waals surface area contributed by atoms with E-state index >= 15 is 0 Å². The fourth-order valence-corrected chi connectivity index (χ4v) is 4.17. The van der Waals surface area contributed by atoms with Crippen molar-refractivity contribution in [2.75, 3.05) is 24.6 Å². The summed E-state index contributed by atoms with van der Waals surface area (Å²) in [7, 11) is 0. The van der Waals surface area contributed by atoms with Crippen LogP contribution in [0.15, 0.2) is 0 Å². The van der Waals surface area contributed by atoms with Crippen LogP contribution in [-0.2, 0) is 0 Å². The highest BCUT2D eigenvalue weighted by Gasteiger charge is 2.37. The third-order valence-electron chi connectivity index (χ3n) is 3.77. The molecular weight excluding hydrogens is 216 g/mol. The molecule has 2 aliphatic rings. The number of hydrogen-bond donors (Lipinski definition) is 1. The maximum absolute atomic E-state index is 6.04. The van der Waals surface area contributed by atoms with Gasteiger partial charge in [0.05, 0.1) is 0 Å². The molecule has 3 heteroatoms. The van der Waals surface area contributed by atoms with Gasteiger partial charge < -0.3 is 5.73 Å². The highest BCUT2D eigenvalue weighted by atomic mass is 32.2. The lowest BCUT2D eigenvalue weighted by Crippen LogP contribution is -2.48. The van der Waals surface area contributed by atoms with Crippen molar-refractivity contribution in [3.63, 3.8) is 0 Å². The second kappa shape index (κ2) is 5.74. The molecule has 0 aromatic rings. The van der Waals surface area contributed by atoms with E-state index in [1.54, 1.807) is 0 Å². The molecule has 2 nitrogen and oxygen atoms in total. The molecule has 2 N–H and O–H groups in total. The minimum atomic E-state index is 0.657. The van der Waals surface area contributed by atoms with Gasteiger partial charge in [-0.25, -0.2) is 0 Å². The molecule has 16 heavy (non-hydrogen) atoms. The number of nitrogens with two attached hydrogens (primary N) is 1. The van der Waals surface area contributed by atoms with Gasteiger partial charge in [0.25, 0.3) is 0 Å². The van der Waals surface area contributed by atoms with Gasteiger partial charge in [-0.05, 0) is 42.6 Å². The van der Waals surface area contributed by atoms with Gasteiger partial charge >= 0.3 is 0 Å². The average Bonchev–Trinajstić information content (AvgIpc) is 2.95. The maximum Gasteiger partial charge on any atom is 0.0257 e. The molecule has 1 heterocycles. The van der Waals surface area contributed by atoms with E-state index in [9.17, 15) is 0 Å². The Hall–Kier alpha value is 0.270. The van der Waals surface area contributed by atoms with E-state index in [4.69, 9.17) is 5.73 Å². The molecule has 0 radical (unpaired) electrons. The standard InChI is InChI=1S/C13H26N2S/c1-10(2)8-15(12-3-4-12)13(7-14)11-5-6-16-9-11/h10-13H,3-9,14H2,1-2H3. The Morgan fingerprint density at radius 3 is 2.50 bits per heavy atom. The summed E-state index contributed by atoms with van der Waals surface area (Å²) in [5.41, 5.74) is 6.04. The fraction of sp³-hybridized carbons (Fsp3) is 1.00. The molecule has 2 atom stereocenters. The first-order valence-electron chi connectivity index (χ1n) is 6.76. The third-order valence-corrected chi connectivity index (χ3v) is 4.96. The largest absolute Gasteiger partial charge is 0.329 e. The zero-order valence-electron chi connectivity index (χ0n) is 10.7. The predicted octanol–water partition coefficient (Wildman–Crippen LogP) is 2.19. The molecule has 0 bridgehead atoms. The lowest BCUT2D eigenvalue weighted by atomic mass is 9.96. The van der Waals surface area contributed by atoms with Gasteiger partial charge in [0, 0.05) is 25.2 Å². The lowest BCUT2D eigenvalue weighted by Gasteiger charge is -2.36. The Kier molecular flexibility index (Phi) is 4.57. The van der Waals surface area contributed by atoms with Crippen LogP contribution < -0.4 is 5.73 Å². The first kappa shape index (κ1) is 12.7. The van der Waals surface area contributed by atoms with Gasteiger partial charge in [0.2, 0.25) is 0 Å². The van der Waals surface area contributed by atoms with E-state index in [-0.39, 0.29) is 0 Å². The zero-order chi connectivity index (χ0) is 11.5.